The van der Waals surface area contributed by atoms with Crippen molar-refractivity contribution >= 4 is 21.5 Å². The van der Waals surface area contributed by atoms with E-state index in [0.29, 0.717) is 49.9 Å². The van der Waals surface area contributed by atoms with Gasteiger partial charge < -0.3 is 4.90 Å². The molecule has 5 nitrogen and oxygen atoms in total. The van der Waals surface area contributed by atoms with Gasteiger partial charge in [-0.3, -0.25) is 9.59 Å². The molecule has 4 rings (SSSR count). The van der Waals surface area contributed by atoms with Crippen LogP contribution in [-0.2, 0) is 31.4 Å². The molecule has 0 bridgehead atoms. The zero-order chi connectivity index (χ0) is 26.7. The Morgan fingerprint density at radius 3 is 2.14 bits per heavy atom. The molecule has 13 heteroatoms. The van der Waals surface area contributed by atoms with Gasteiger partial charge >= 0.3 is 18.0 Å². The lowest BCUT2D eigenvalue weighted by molar-refractivity contribution is -0.348. The average Bonchev–Trinajstić information content (AvgIpc) is 3.20. The zero-order valence-electron chi connectivity index (χ0n) is 19.3. The van der Waals surface area contributed by atoms with Crippen molar-refractivity contribution in [3.8, 4) is 0 Å². The quantitative estimate of drug-likeness (QED) is 0.493. The molecule has 0 unspecified atom stereocenters. The van der Waals surface area contributed by atoms with Crippen LogP contribution in [0.4, 0.5) is 30.7 Å². The van der Waals surface area contributed by atoms with Gasteiger partial charge in [-0.1, -0.05) is 18.2 Å². The molecule has 1 aliphatic carbocycles. The lowest BCUT2D eigenvalue weighted by Gasteiger charge is -2.37. The van der Waals surface area contributed by atoms with Crippen molar-refractivity contribution in [1.29, 1.82) is 0 Å². The lowest BCUT2D eigenvalue weighted by atomic mass is 9.77. The number of carbonyl (C=O) groups is 2. The summed E-state index contributed by atoms with van der Waals surface area (Å²) >= 11 is 0. The SMILES string of the molecule is CC(=O)N=S1(=O)CCC(C(=O)N2CC[C@H]3c4ccc(C(F)(C(F)(F)F)C(F)(F)F)cc4CC[C@H]32)CC1. The number of hydrogen-bond acceptors (Lipinski definition) is 3. The second kappa shape index (κ2) is 8.98. The van der Waals surface area contributed by atoms with Crippen molar-refractivity contribution in [2.45, 2.75) is 69.0 Å². The van der Waals surface area contributed by atoms with Gasteiger partial charge in [-0.15, -0.1) is 0 Å². The molecule has 0 radical (unpaired) electrons. The molecule has 2 atom stereocenters. The highest BCUT2D eigenvalue weighted by molar-refractivity contribution is 7.93. The van der Waals surface area contributed by atoms with Crippen molar-refractivity contribution in [1.82, 2.24) is 4.90 Å². The number of benzene rings is 1. The van der Waals surface area contributed by atoms with Crippen LogP contribution in [-0.4, -0.2) is 57.4 Å². The molecule has 0 N–H and O–H groups in total. The van der Waals surface area contributed by atoms with E-state index in [4.69, 9.17) is 0 Å². The third kappa shape index (κ3) is 4.51. The highest BCUT2D eigenvalue weighted by atomic mass is 32.2. The Morgan fingerprint density at radius 2 is 1.58 bits per heavy atom. The highest BCUT2D eigenvalue weighted by Gasteiger charge is 2.73. The summed E-state index contributed by atoms with van der Waals surface area (Å²) in [5.41, 5.74) is -6.21. The van der Waals surface area contributed by atoms with E-state index in [1.807, 2.05) is 0 Å². The number of halogens is 7. The predicted molar refractivity (Wildman–Crippen MR) is 116 cm³/mol. The molecule has 2 amide bonds. The topological polar surface area (TPSA) is 66.8 Å². The summed E-state index contributed by atoms with van der Waals surface area (Å²) in [5.74, 6) is -1.05. The van der Waals surface area contributed by atoms with Crippen molar-refractivity contribution < 1.29 is 44.5 Å². The van der Waals surface area contributed by atoms with Gasteiger partial charge in [-0.05, 0) is 43.2 Å². The number of amides is 2. The molecule has 200 valence electrons. The predicted octanol–water partition coefficient (Wildman–Crippen LogP) is 5.03. The molecule has 1 aromatic carbocycles. The van der Waals surface area contributed by atoms with Crippen LogP contribution in [0.1, 0.15) is 55.2 Å². The first-order chi connectivity index (χ1) is 16.6. The van der Waals surface area contributed by atoms with Gasteiger partial charge in [0.1, 0.15) is 0 Å². The smallest absolute Gasteiger partial charge is 0.339 e. The molecule has 3 aliphatic rings. The molecule has 36 heavy (non-hydrogen) atoms. The fraction of sp³-hybridized carbons (Fsp3) is 0.652. The van der Waals surface area contributed by atoms with Gasteiger partial charge in [0.05, 0.1) is 9.73 Å². The summed E-state index contributed by atoms with van der Waals surface area (Å²) in [5, 5.41) is 0. The second-order valence-electron chi connectivity index (χ2n) is 9.67. The molecule has 2 heterocycles. The fourth-order valence-corrected chi connectivity index (χ4v) is 7.90. The summed E-state index contributed by atoms with van der Waals surface area (Å²) in [7, 11) is -2.67. The van der Waals surface area contributed by atoms with Gasteiger partial charge in [0.15, 0.2) is 0 Å². The van der Waals surface area contributed by atoms with Gasteiger partial charge in [-0.25, -0.2) is 8.60 Å². The van der Waals surface area contributed by atoms with Crippen molar-refractivity contribution in [2.24, 2.45) is 10.3 Å². The number of aryl methyl sites for hydroxylation is 1. The van der Waals surface area contributed by atoms with E-state index in [1.54, 1.807) is 4.90 Å². The monoisotopic (exact) mass is 542 g/mol. The Labute approximate surface area is 203 Å². The Hall–Kier alpha value is -2.18. The number of alkyl halides is 7. The number of rotatable bonds is 2. The minimum Gasteiger partial charge on any atom is -0.339 e. The minimum absolute atomic E-state index is 0.107. The van der Waals surface area contributed by atoms with Crippen LogP contribution < -0.4 is 0 Å². The van der Waals surface area contributed by atoms with Gasteiger partial charge in [-0.2, -0.15) is 30.7 Å². The van der Waals surface area contributed by atoms with E-state index in [-0.39, 0.29) is 41.4 Å². The summed E-state index contributed by atoms with van der Waals surface area (Å²) in [6.07, 6.45) is -10.8. The second-order valence-corrected chi connectivity index (χ2v) is 12.2. The Bertz CT molecular complexity index is 1160. The molecule has 0 aromatic heterocycles. The Morgan fingerprint density at radius 1 is 0.972 bits per heavy atom. The first-order valence-electron chi connectivity index (χ1n) is 11.6. The van der Waals surface area contributed by atoms with E-state index in [1.165, 1.54) is 6.92 Å². The number of nitrogens with zero attached hydrogens (tertiary/aromatic N) is 2. The Kier molecular flexibility index (Phi) is 6.71. The van der Waals surface area contributed by atoms with Crippen LogP contribution in [0.25, 0.3) is 0 Å². The van der Waals surface area contributed by atoms with Gasteiger partial charge in [0.25, 0.3) is 5.91 Å². The van der Waals surface area contributed by atoms with E-state index in [2.05, 4.69) is 4.36 Å². The van der Waals surface area contributed by atoms with Crippen LogP contribution >= 0.6 is 0 Å². The van der Waals surface area contributed by atoms with Crippen LogP contribution in [0.2, 0.25) is 0 Å². The van der Waals surface area contributed by atoms with E-state index < -0.39 is 45.1 Å². The number of hydrogen-bond donors (Lipinski definition) is 0. The molecule has 2 saturated heterocycles. The largest absolute Gasteiger partial charge is 0.435 e. The molecular weight excluding hydrogens is 517 g/mol. The van der Waals surface area contributed by atoms with Gasteiger partial charge in [0.2, 0.25) is 5.91 Å². The van der Waals surface area contributed by atoms with Crippen molar-refractivity contribution in [2.75, 3.05) is 18.1 Å². The first kappa shape index (κ1) is 26.9. The molecule has 2 fully saturated rings. The third-order valence-corrected chi connectivity index (χ3v) is 9.81. The fourth-order valence-electron chi connectivity index (χ4n) is 5.74. The normalized spacial score (nSPS) is 28.9. The summed E-state index contributed by atoms with van der Waals surface area (Å²) in [4.78, 5) is 26.2. The molecular formula is C23H25F7N2O3S. The number of carbonyl (C=O) groups excluding carboxylic acids is 2. The van der Waals surface area contributed by atoms with E-state index >= 15 is 0 Å². The minimum atomic E-state index is -6.17. The maximum atomic E-state index is 14.5. The van der Waals surface area contributed by atoms with Crippen LogP contribution in [0.3, 0.4) is 0 Å². The van der Waals surface area contributed by atoms with E-state index in [0.717, 1.165) is 6.07 Å². The number of fused-ring (bicyclic) bond motifs is 3. The summed E-state index contributed by atoms with van der Waals surface area (Å²) in [6, 6.07) is 2.06. The van der Waals surface area contributed by atoms with E-state index in [9.17, 15) is 44.5 Å². The zero-order valence-corrected chi connectivity index (χ0v) is 20.1. The molecule has 0 saturated carbocycles. The summed E-state index contributed by atoms with van der Waals surface area (Å²) in [6.45, 7) is 1.59. The standard InChI is InChI=1S/C23H25F7N2O3S/c1-13(33)31-36(35)10-7-14(8-11-36)20(34)32-9-6-18-17-4-3-16(12-15(17)2-5-19(18)32)21(24,22(25,26)27)23(28,29)30/h3-4,12,14,18-19H,2,5-11H2,1H3/t14?,18-,19+,36?/m0/s1. The lowest BCUT2D eigenvalue weighted by Crippen LogP contribution is -2.50. The Balaban J connectivity index is 1.53. The average molecular weight is 543 g/mol. The van der Waals surface area contributed by atoms with Crippen LogP contribution in [0.5, 0.6) is 0 Å². The van der Waals surface area contributed by atoms with Crippen molar-refractivity contribution in [3.05, 3.63) is 34.9 Å². The summed E-state index contributed by atoms with van der Waals surface area (Å²) < 4.78 is 110. The maximum Gasteiger partial charge on any atom is 0.435 e. The first-order valence-corrected chi connectivity index (χ1v) is 13.4. The van der Waals surface area contributed by atoms with Crippen molar-refractivity contribution in [3.63, 3.8) is 0 Å². The third-order valence-electron chi connectivity index (χ3n) is 7.47. The molecule has 1 aromatic rings. The molecule has 2 aliphatic heterocycles. The van der Waals surface area contributed by atoms with Crippen LogP contribution in [0.15, 0.2) is 22.6 Å². The van der Waals surface area contributed by atoms with Crippen LogP contribution in [0, 0.1) is 5.92 Å². The molecule has 0 spiro atoms. The number of likely N-dealkylation sites (tertiary alicyclic amines) is 1. The maximum absolute atomic E-state index is 14.5. The highest BCUT2D eigenvalue weighted by Crippen LogP contribution is 2.54. The van der Waals surface area contributed by atoms with Gasteiger partial charge in [0, 0.05) is 48.4 Å².